The Labute approximate surface area is 173 Å². The third-order valence-corrected chi connectivity index (χ3v) is 6.09. The molecule has 0 fully saturated rings. The summed E-state index contributed by atoms with van der Waals surface area (Å²) < 4.78 is 31.4. The first-order valence-electron chi connectivity index (χ1n) is 8.23. The number of hydrogen-bond acceptors (Lipinski definition) is 5. The van der Waals surface area contributed by atoms with E-state index >= 15 is 0 Å². The van der Waals surface area contributed by atoms with Crippen LogP contribution in [0.25, 0.3) is 0 Å². The minimum absolute atomic E-state index is 0.0229. The van der Waals surface area contributed by atoms with Crippen molar-refractivity contribution in [2.45, 2.75) is 17.9 Å². The van der Waals surface area contributed by atoms with Crippen LogP contribution in [-0.4, -0.2) is 45.7 Å². The smallest absolute Gasteiger partial charge is 0.251 e. The summed E-state index contributed by atoms with van der Waals surface area (Å²) in [5.41, 5.74) is 0.798. The van der Waals surface area contributed by atoms with Gasteiger partial charge in [-0.3, -0.25) is 4.79 Å². The predicted octanol–water partition coefficient (Wildman–Crippen LogP) is 2.38. The first-order chi connectivity index (χ1) is 13.2. The average molecular weight is 447 g/mol. The first kappa shape index (κ1) is 22.4. The highest BCUT2D eigenvalue weighted by Crippen LogP contribution is 2.31. The Kier molecular flexibility index (Phi) is 7.68. The summed E-state index contributed by atoms with van der Waals surface area (Å²) in [5.74, 6) is -0.189. The number of aliphatic hydroxyl groups excluding tert-OH is 1. The molecule has 0 aliphatic carbocycles. The molecular formula is C18H20Cl2N2O5S. The molecule has 2 rings (SSSR count). The van der Waals surface area contributed by atoms with Crippen molar-refractivity contribution in [2.75, 3.05) is 20.2 Å². The lowest BCUT2D eigenvalue weighted by Crippen LogP contribution is -2.35. The van der Waals surface area contributed by atoms with Gasteiger partial charge in [-0.25, -0.2) is 13.1 Å². The maximum Gasteiger partial charge on any atom is 0.251 e. The third-order valence-electron chi connectivity index (χ3n) is 3.88. The zero-order valence-corrected chi connectivity index (χ0v) is 17.5. The Morgan fingerprint density at radius 2 is 1.96 bits per heavy atom. The fraction of sp³-hybridized carbons (Fsp3) is 0.278. The lowest BCUT2D eigenvalue weighted by molar-refractivity contribution is 0.0843. The average Bonchev–Trinajstić information content (AvgIpc) is 2.67. The van der Waals surface area contributed by atoms with E-state index in [1.165, 1.54) is 19.2 Å². The number of halogens is 2. The molecule has 0 heterocycles. The van der Waals surface area contributed by atoms with Crippen molar-refractivity contribution in [2.24, 2.45) is 0 Å². The molecule has 2 aromatic rings. The lowest BCUT2D eigenvalue weighted by atomic mass is 10.1. The quantitative estimate of drug-likeness (QED) is 0.577. The Bertz CT molecular complexity index is 966. The predicted molar refractivity (Wildman–Crippen MR) is 108 cm³/mol. The van der Waals surface area contributed by atoms with E-state index in [-0.39, 0.29) is 28.6 Å². The van der Waals surface area contributed by atoms with Crippen LogP contribution in [0, 0.1) is 6.92 Å². The highest BCUT2D eigenvalue weighted by molar-refractivity contribution is 7.89. The van der Waals surface area contributed by atoms with E-state index in [1.807, 2.05) is 0 Å². The second-order valence-corrected chi connectivity index (χ2v) is 8.58. The summed E-state index contributed by atoms with van der Waals surface area (Å²) in [7, 11) is -2.38. The summed E-state index contributed by atoms with van der Waals surface area (Å²) in [6.07, 6.45) is -1.01. The summed E-state index contributed by atoms with van der Waals surface area (Å²) in [4.78, 5) is 12.4. The number of benzene rings is 2. The number of sulfonamides is 1. The second-order valence-electron chi connectivity index (χ2n) is 5.91. The van der Waals surface area contributed by atoms with Crippen LogP contribution in [0.5, 0.6) is 5.75 Å². The van der Waals surface area contributed by atoms with E-state index in [1.54, 1.807) is 31.2 Å². The zero-order valence-electron chi connectivity index (χ0n) is 15.2. The van der Waals surface area contributed by atoms with Gasteiger partial charge in [-0.2, -0.15) is 0 Å². The third kappa shape index (κ3) is 5.59. The number of aliphatic hydroxyl groups is 1. The molecular weight excluding hydrogens is 427 g/mol. The SMILES string of the molecule is CNS(=O)(=O)c1ccc(C)c(C(=O)NCC(O)COc2cccc(Cl)c2Cl)c1. The molecule has 0 radical (unpaired) electrons. The molecule has 0 bridgehead atoms. The van der Waals surface area contributed by atoms with Crippen LogP contribution >= 0.6 is 23.2 Å². The number of carbonyl (C=O) groups is 1. The van der Waals surface area contributed by atoms with Gasteiger partial charge in [0.25, 0.3) is 5.91 Å². The first-order valence-corrected chi connectivity index (χ1v) is 10.5. The molecule has 1 unspecified atom stereocenters. The van der Waals surface area contributed by atoms with Crippen LogP contribution < -0.4 is 14.8 Å². The van der Waals surface area contributed by atoms with Gasteiger partial charge in [0.15, 0.2) is 0 Å². The van der Waals surface area contributed by atoms with Crippen LogP contribution in [0.2, 0.25) is 10.0 Å². The van der Waals surface area contributed by atoms with Crippen LogP contribution in [-0.2, 0) is 10.0 Å². The monoisotopic (exact) mass is 446 g/mol. The van der Waals surface area contributed by atoms with Crippen LogP contribution in [0.4, 0.5) is 0 Å². The number of aryl methyl sites for hydroxylation is 1. The van der Waals surface area contributed by atoms with E-state index in [0.717, 1.165) is 0 Å². The van der Waals surface area contributed by atoms with Gasteiger partial charge in [-0.15, -0.1) is 0 Å². The summed E-state index contributed by atoms with van der Waals surface area (Å²) in [5, 5.41) is 13.2. The number of hydrogen-bond donors (Lipinski definition) is 3. The Balaban J connectivity index is 1.98. The van der Waals surface area contributed by atoms with Gasteiger partial charge in [-0.1, -0.05) is 35.3 Å². The van der Waals surface area contributed by atoms with Crippen molar-refractivity contribution >= 4 is 39.1 Å². The number of ether oxygens (including phenoxy) is 1. The van der Waals surface area contributed by atoms with Crippen molar-refractivity contribution in [3.63, 3.8) is 0 Å². The number of rotatable bonds is 8. The van der Waals surface area contributed by atoms with Gasteiger partial charge in [0.2, 0.25) is 10.0 Å². The second kappa shape index (κ2) is 9.58. The molecule has 0 spiro atoms. The maximum atomic E-state index is 12.4. The molecule has 0 aliphatic rings. The van der Waals surface area contributed by atoms with E-state index in [0.29, 0.717) is 16.3 Å². The molecule has 152 valence electrons. The van der Waals surface area contributed by atoms with Crippen LogP contribution in [0.3, 0.4) is 0 Å². The zero-order chi connectivity index (χ0) is 20.9. The molecule has 28 heavy (non-hydrogen) atoms. The summed E-state index contributed by atoms with van der Waals surface area (Å²) >= 11 is 11.9. The van der Waals surface area contributed by atoms with Crippen molar-refractivity contribution < 1.29 is 23.1 Å². The topological polar surface area (TPSA) is 105 Å². The van der Waals surface area contributed by atoms with Gasteiger partial charge in [0, 0.05) is 12.1 Å². The Morgan fingerprint density at radius 1 is 1.25 bits per heavy atom. The molecule has 7 nitrogen and oxygen atoms in total. The Morgan fingerprint density at radius 3 is 2.64 bits per heavy atom. The lowest BCUT2D eigenvalue weighted by Gasteiger charge is -2.15. The fourth-order valence-corrected chi connectivity index (χ4v) is 3.38. The maximum absolute atomic E-state index is 12.4. The van der Waals surface area contributed by atoms with Gasteiger partial charge in [-0.05, 0) is 43.8 Å². The molecule has 3 N–H and O–H groups in total. The van der Waals surface area contributed by atoms with Gasteiger partial charge >= 0.3 is 0 Å². The van der Waals surface area contributed by atoms with E-state index in [2.05, 4.69) is 10.0 Å². The molecule has 0 aliphatic heterocycles. The molecule has 1 atom stereocenters. The van der Waals surface area contributed by atoms with Crippen molar-refractivity contribution in [3.8, 4) is 5.75 Å². The summed E-state index contributed by atoms with van der Waals surface area (Å²) in [6, 6.07) is 9.11. The molecule has 0 saturated heterocycles. The number of amides is 1. The van der Waals surface area contributed by atoms with Crippen molar-refractivity contribution in [1.29, 1.82) is 0 Å². The molecule has 0 saturated carbocycles. The molecule has 0 aromatic heterocycles. The minimum atomic E-state index is -3.67. The molecule has 10 heteroatoms. The van der Waals surface area contributed by atoms with E-state index < -0.39 is 22.0 Å². The summed E-state index contributed by atoms with van der Waals surface area (Å²) in [6.45, 7) is 1.47. The fourth-order valence-electron chi connectivity index (χ4n) is 2.28. The van der Waals surface area contributed by atoms with Crippen LogP contribution in [0.15, 0.2) is 41.3 Å². The highest BCUT2D eigenvalue weighted by Gasteiger charge is 2.17. The Hall–Kier alpha value is -1.84. The van der Waals surface area contributed by atoms with E-state index in [4.69, 9.17) is 27.9 Å². The van der Waals surface area contributed by atoms with Gasteiger partial charge < -0.3 is 15.2 Å². The minimum Gasteiger partial charge on any atom is -0.489 e. The normalized spacial score (nSPS) is 12.5. The highest BCUT2D eigenvalue weighted by atomic mass is 35.5. The van der Waals surface area contributed by atoms with Crippen molar-refractivity contribution in [3.05, 3.63) is 57.6 Å². The van der Waals surface area contributed by atoms with Gasteiger partial charge in [0.1, 0.15) is 23.5 Å². The van der Waals surface area contributed by atoms with E-state index in [9.17, 15) is 18.3 Å². The number of carbonyl (C=O) groups excluding carboxylic acids is 1. The number of nitrogens with one attached hydrogen (secondary N) is 2. The molecule has 2 aromatic carbocycles. The van der Waals surface area contributed by atoms with Gasteiger partial charge in [0.05, 0.1) is 9.92 Å². The largest absolute Gasteiger partial charge is 0.489 e. The van der Waals surface area contributed by atoms with Crippen LogP contribution in [0.1, 0.15) is 15.9 Å². The van der Waals surface area contributed by atoms with Crippen molar-refractivity contribution in [1.82, 2.24) is 10.0 Å². The standard InChI is InChI=1S/C18H20Cl2N2O5S/c1-11-6-7-13(28(25,26)21-2)8-14(11)18(24)22-9-12(23)10-27-16-5-3-4-15(19)17(16)20/h3-8,12,21,23H,9-10H2,1-2H3,(H,22,24). The molecule has 1 amide bonds.